The molecular formula is C15H18BrN3O3. The zero-order valence-corrected chi connectivity index (χ0v) is 14.5. The standard InChI is InChI=1S/C15H18BrN3O3/c1-18(9-12-11(16)8-17-19(12)2)15(20)10-5-6-13(21-3)14(7-10)22-4/h5-8H,9H2,1-4H3. The van der Waals surface area contributed by atoms with Crippen LogP contribution in [0.25, 0.3) is 0 Å². The van der Waals surface area contributed by atoms with Crippen LogP contribution in [0.4, 0.5) is 0 Å². The first-order chi connectivity index (χ1) is 10.5. The number of hydrogen-bond acceptors (Lipinski definition) is 4. The highest BCUT2D eigenvalue weighted by molar-refractivity contribution is 9.10. The lowest BCUT2D eigenvalue weighted by molar-refractivity contribution is 0.0781. The molecule has 1 aromatic carbocycles. The molecule has 0 spiro atoms. The monoisotopic (exact) mass is 367 g/mol. The molecule has 2 aromatic rings. The summed E-state index contributed by atoms with van der Waals surface area (Å²) in [6.45, 7) is 0.449. The second kappa shape index (κ2) is 6.83. The van der Waals surface area contributed by atoms with Gasteiger partial charge in [0.15, 0.2) is 11.5 Å². The quantitative estimate of drug-likeness (QED) is 0.814. The molecule has 2 rings (SSSR count). The number of hydrogen-bond donors (Lipinski definition) is 0. The number of ether oxygens (including phenoxy) is 2. The molecule has 22 heavy (non-hydrogen) atoms. The van der Waals surface area contributed by atoms with E-state index in [1.54, 1.807) is 55.2 Å². The summed E-state index contributed by atoms with van der Waals surface area (Å²) in [5, 5.41) is 4.15. The van der Waals surface area contributed by atoms with E-state index in [0.29, 0.717) is 23.6 Å². The van der Waals surface area contributed by atoms with Gasteiger partial charge in [0.2, 0.25) is 0 Å². The lowest BCUT2D eigenvalue weighted by Crippen LogP contribution is -2.27. The van der Waals surface area contributed by atoms with Crippen LogP contribution in [0.2, 0.25) is 0 Å². The normalized spacial score (nSPS) is 10.4. The molecule has 0 fully saturated rings. The Balaban J connectivity index is 2.20. The molecular weight excluding hydrogens is 350 g/mol. The van der Waals surface area contributed by atoms with E-state index >= 15 is 0 Å². The first-order valence-corrected chi connectivity index (χ1v) is 7.41. The summed E-state index contributed by atoms with van der Waals surface area (Å²) in [5.41, 5.74) is 1.47. The number of methoxy groups -OCH3 is 2. The van der Waals surface area contributed by atoms with E-state index in [1.807, 2.05) is 7.05 Å². The Labute approximate surface area is 137 Å². The predicted molar refractivity (Wildman–Crippen MR) is 86.3 cm³/mol. The number of aryl methyl sites for hydroxylation is 1. The lowest BCUT2D eigenvalue weighted by atomic mass is 10.1. The van der Waals surface area contributed by atoms with Gasteiger partial charge in [0, 0.05) is 19.7 Å². The highest BCUT2D eigenvalue weighted by Crippen LogP contribution is 2.28. The molecule has 0 atom stereocenters. The molecule has 0 radical (unpaired) electrons. The Hall–Kier alpha value is -2.02. The zero-order chi connectivity index (χ0) is 16.3. The number of halogens is 1. The number of carbonyl (C=O) groups excluding carboxylic acids is 1. The van der Waals surface area contributed by atoms with Crippen molar-refractivity contribution in [1.29, 1.82) is 0 Å². The minimum absolute atomic E-state index is 0.103. The van der Waals surface area contributed by atoms with Crippen molar-refractivity contribution in [2.75, 3.05) is 21.3 Å². The maximum Gasteiger partial charge on any atom is 0.254 e. The van der Waals surface area contributed by atoms with Crippen molar-refractivity contribution in [3.8, 4) is 11.5 Å². The molecule has 0 aliphatic rings. The molecule has 1 heterocycles. The third-order valence-electron chi connectivity index (χ3n) is 3.37. The van der Waals surface area contributed by atoms with Gasteiger partial charge >= 0.3 is 0 Å². The van der Waals surface area contributed by atoms with Gasteiger partial charge in [-0.3, -0.25) is 9.48 Å². The third kappa shape index (κ3) is 3.24. The van der Waals surface area contributed by atoms with Gasteiger partial charge in [-0.25, -0.2) is 0 Å². The first kappa shape index (κ1) is 16.4. The van der Waals surface area contributed by atoms with Gasteiger partial charge in [-0.2, -0.15) is 5.10 Å². The van der Waals surface area contributed by atoms with E-state index in [2.05, 4.69) is 21.0 Å². The summed E-state index contributed by atoms with van der Waals surface area (Å²) in [6, 6.07) is 5.12. The number of nitrogens with zero attached hydrogens (tertiary/aromatic N) is 3. The lowest BCUT2D eigenvalue weighted by Gasteiger charge is -2.18. The molecule has 6 nitrogen and oxygen atoms in total. The van der Waals surface area contributed by atoms with E-state index in [0.717, 1.165) is 10.2 Å². The van der Waals surface area contributed by atoms with E-state index in [1.165, 1.54) is 0 Å². The number of amides is 1. The Morgan fingerprint density at radius 1 is 1.32 bits per heavy atom. The van der Waals surface area contributed by atoms with Crippen molar-refractivity contribution in [2.45, 2.75) is 6.54 Å². The van der Waals surface area contributed by atoms with Gasteiger partial charge in [-0.05, 0) is 34.1 Å². The van der Waals surface area contributed by atoms with E-state index in [9.17, 15) is 4.79 Å². The molecule has 118 valence electrons. The summed E-state index contributed by atoms with van der Waals surface area (Å²) in [6.07, 6.45) is 1.71. The van der Waals surface area contributed by atoms with Crippen LogP contribution in [0.15, 0.2) is 28.9 Å². The van der Waals surface area contributed by atoms with Crippen molar-refractivity contribution in [3.63, 3.8) is 0 Å². The molecule has 1 aromatic heterocycles. The highest BCUT2D eigenvalue weighted by atomic mass is 79.9. The topological polar surface area (TPSA) is 56.6 Å². The summed E-state index contributed by atoms with van der Waals surface area (Å²) in [7, 11) is 6.70. The van der Waals surface area contributed by atoms with Gasteiger partial charge in [-0.1, -0.05) is 0 Å². The van der Waals surface area contributed by atoms with Crippen LogP contribution in [0.5, 0.6) is 11.5 Å². The fraction of sp³-hybridized carbons (Fsp3) is 0.333. The molecule has 0 bridgehead atoms. The van der Waals surface area contributed by atoms with Gasteiger partial charge in [0.05, 0.1) is 37.1 Å². The first-order valence-electron chi connectivity index (χ1n) is 6.61. The SMILES string of the molecule is COc1ccc(C(=O)N(C)Cc2c(Br)cnn2C)cc1OC. The maximum atomic E-state index is 12.5. The van der Waals surface area contributed by atoms with Crippen LogP contribution >= 0.6 is 15.9 Å². The number of rotatable bonds is 5. The largest absolute Gasteiger partial charge is 0.493 e. The van der Waals surface area contributed by atoms with Crippen LogP contribution < -0.4 is 9.47 Å². The number of benzene rings is 1. The summed E-state index contributed by atoms with van der Waals surface area (Å²) >= 11 is 3.43. The van der Waals surface area contributed by atoms with Crippen molar-refractivity contribution < 1.29 is 14.3 Å². The average Bonchev–Trinajstić information content (AvgIpc) is 2.85. The van der Waals surface area contributed by atoms with Crippen LogP contribution in [-0.2, 0) is 13.6 Å². The smallest absolute Gasteiger partial charge is 0.254 e. The molecule has 0 unspecified atom stereocenters. The van der Waals surface area contributed by atoms with Gasteiger partial charge in [-0.15, -0.1) is 0 Å². The molecule has 7 heteroatoms. The third-order valence-corrected chi connectivity index (χ3v) is 4.04. The average molecular weight is 368 g/mol. The van der Waals surface area contributed by atoms with Crippen LogP contribution in [0.1, 0.15) is 16.1 Å². The zero-order valence-electron chi connectivity index (χ0n) is 13.0. The second-order valence-electron chi connectivity index (χ2n) is 4.79. The Bertz CT molecular complexity index is 665. The molecule has 0 saturated carbocycles. The summed E-state index contributed by atoms with van der Waals surface area (Å²) in [4.78, 5) is 14.2. The maximum absolute atomic E-state index is 12.5. The van der Waals surface area contributed by atoms with Crippen molar-refractivity contribution >= 4 is 21.8 Å². The predicted octanol–water partition coefficient (Wildman–Crippen LogP) is 2.47. The molecule has 0 aliphatic heterocycles. The second-order valence-corrected chi connectivity index (χ2v) is 5.65. The fourth-order valence-corrected chi connectivity index (χ4v) is 2.57. The molecule has 0 N–H and O–H groups in total. The Morgan fingerprint density at radius 2 is 2.00 bits per heavy atom. The fourth-order valence-electron chi connectivity index (χ4n) is 2.10. The van der Waals surface area contributed by atoms with Crippen LogP contribution in [-0.4, -0.2) is 41.9 Å². The minimum atomic E-state index is -0.103. The van der Waals surface area contributed by atoms with E-state index in [-0.39, 0.29) is 5.91 Å². The van der Waals surface area contributed by atoms with Gasteiger partial charge < -0.3 is 14.4 Å². The highest BCUT2D eigenvalue weighted by Gasteiger charge is 2.17. The van der Waals surface area contributed by atoms with Crippen LogP contribution in [0.3, 0.4) is 0 Å². The summed E-state index contributed by atoms with van der Waals surface area (Å²) < 4.78 is 13.0. The summed E-state index contributed by atoms with van der Waals surface area (Å²) in [5.74, 6) is 1.02. The minimum Gasteiger partial charge on any atom is -0.493 e. The van der Waals surface area contributed by atoms with Crippen molar-refractivity contribution in [3.05, 3.63) is 40.1 Å². The molecule has 0 aliphatic carbocycles. The van der Waals surface area contributed by atoms with Crippen LogP contribution in [0, 0.1) is 0 Å². The van der Waals surface area contributed by atoms with E-state index < -0.39 is 0 Å². The molecule has 0 saturated heterocycles. The van der Waals surface area contributed by atoms with Crippen molar-refractivity contribution in [1.82, 2.24) is 14.7 Å². The Morgan fingerprint density at radius 3 is 2.55 bits per heavy atom. The van der Waals surface area contributed by atoms with Crippen molar-refractivity contribution in [2.24, 2.45) is 7.05 Å². The van der Waals surface area contributed by atoms with Gasteiger partial charge in [0.1, 0.15) is 0 Å². The Kier molecular flexibility index (Phi) is 5.07. The number of carbonyl (C=O) groups is 1. The molecule has 1 amide bonds. The number of aromatic nitrogens is 2. The van der Waals surface area contributed by atoms with Gasteiger partial charge in [0.25, 0.3) is 5.91 Å². The van der Waals surface area contributed by atoms with E-state index in [4.69, 9.17) is 9.47 Å².